The highest BCUT2D eigenvalue weighted by molar-refractivity contribution is 4.86. The van der Waals surface area contributed by atoms with Crippen LogP contribution in [0.25, 0.3) is 0 Å². The van der Waals surface area contributed by atoms with Gasteiger partial charge in [0.15, 0.2) is 0 Å². The molecular formula is C11H24N2O. The smallest absolute Gasteiger partial charge is 0.0604 e. The van der Waals surface area contributed by atoms with E-state index in [1.807, 2.05) is 0 Å². The van der Waals surface area contributed by atoms with Crippen LogP contribution in [-0.4, -0.2) is 50.3 Å². The summed E-state index contributed by atoms with van der Waals surface area (Å²) < 4.78 is 5.51. The number of hydrogen-bond donors (Lipinski definition) is 1. The second-order valence-corrected chi connectivity index (χ2v) is 4.47. The first-order valence-electron chi connectivity index (χ1n) is 5.64. The molecule has 0 amide bonds. The van der Waals surface area contributed by atoms with Gasteiger partial charge >= 0.3 is 0 Å². The van der Waals surface area contributed by atoms with Crippen LogP contribution in [0.2, 0.25) is 0 Å². The largest absolute Gasteiger partial charge is 0.378 e. The lowest BCUT2D eigenvalue weighted by molar-refractivity contribution is -0.0107. The van der Waals surface area contributed by atoms with Gasteiger partial charge in [0, 0.05) is 25.2 Å². The van der Waals surface area contributed by atoms with Gasteiger partial charge in [0.2, 0.25) is 0 Å². The van der Waals surface area contributed by atoms with E-state index in [-0.39, 0.29) is 0 Å². The van der Waals surface area contributed by atoms with Gasteiger partial charge in [0.05, 0.1) is 6.10 Å². The minimum absolute atomic E-state index is 0.521. The van der Waals surface area contributed by atoms with Crippen molar-refractivity contribution in [2.24, 2.45) is 0 Å². The van der Waals surface area contributed by atoms with Crippen LogP contribution in [0, 0.1) is 0 Å². The minimum atomic E-state index is 0.521. The number of ether oxygens (including phenoxy) is 1. The Kier molecular flexibility index (Phi) is 4.85. The Bertz CT molecular complexity index is 155. The lowest BCUT2D eigenvalue weighted by Gasteiger charge is -2.36. The van der Waals surface area contributed by atoms with Gasteiger partial charge in [-0.15, -0.1) is 0 Å². The molecule has 1 saturated carbocycles. The van der Waals surface area contributed by atoms with Crippen molar-refractivity contribution in [3.8, 4) is 0 Å². The average Bonchev–Trinajstić information content (AvgIpc) is 2.08. The Hall–Kier alpha value is -0.120. The minimum Gasteiger partial charge on any atom is -0.378 e. The second kappa shape index (κ2) is 5.69. The monoisotopic (exact) mass is 200 g/mol. The van der Waals surface area contributed by atoms with Gasteiger partial charge in [-0.3, -0.25) is 0 Å². The lowest BCUT2D eigenvalue weighted by atomic mass is 9.89. The normalized spacial score (nSPS) is 28.9. The van der Waals surface area contributed by atoms with Crippen LogP contribution in [0.15, 0.2) is 0 Å². The Morgan fingerprint density at radius 3 is 2.57 bits per heavy atom. The van der Waals surface area contributed by atoms with E-state index in [1.54, 1.807) is 0 Å². The first-order valence-corrected chi connectivity index (χ1v) is 5.64. The van der Waals surface area contributed by atoms with E-state index in [0.29, 0.717) is 18.2 Å². The van der Waals surface area contributed by atoms with Crippen molar-refractivity contribution in [3.63, 3.8) is 0 Å². The van der Waals surface area contributed by atoms with Gasteiger partial charge in [-0.25, -0.2) is 0 Å². The third-order valence-corrected chi connectivity index (χ3v) is 3.08. The molecule has 1 aliphatic rings. The van der Waals surface area contributed by atoms with Gasteiger partial charge in [-0.1, -0.05) is 0 Å². The van der Waals surface area contributed by atoms with E-state index >= 15 is 0 Å². The van der Waals surface area contributed by atoms with Crippen LogP contribution in [0.1, 0.15) is 26.7 Å². The van der Waals surface area contributed by atoms with Crippen LogP contribution >= 0.6 is 0 Å². The molecule has 0 aromatic heterocycles. The zero-order valence-corrected chi connectivity index (χ0v) is 9.92. The summed E-state index contributed by atoms with van der Waals surface area (Å²) in [5, 5.41) is 3.57. The zero-order valence-electron chi connectivity index (χ0n) is 9.92. The quantitative estimate of drug-likeness (QED) is 0.695. The third kappa shape index (κ3) is 3.56. The number of nitrogens with zero attached hydrogens (tertiary/aromatic N) is 1. The highest BCUT2D eigenvalue weighted by Gasteiger charge is 2.29. The number of rotatable bonds is 6. The predicted molar refractivity (Wildman–Crippen MR) is 59.6 cm³/mol. The van der Waals surface area contributed by atoms with Crippen LogP contribution in [0.3, 0.4) is 0 Å². The van der Waals surface area contributed by atoms with E-state index in [9.17, 15) is 0 Å². The fraction of sp³-hybridized carbons (Fsp3) is 1.00. The SMILES string of the molecule is CCOC1CC(NCC(C)N(C)C)C1. The molecule has 0 saturated heterocycles. The van der Waals surface area contributed by atoms with E-state index in [0.717, 1.165) is 13.2 Å². The molecule has 0 radical (unpaired) electrons. The number of hydrogen-bond acceptors (Lipinski definition) is 3. The molecular weight excluding hydrogens is 176 g/mol. The Labute approximate surface area is 87.8 Å². The molecule has 1 aliphatic carbocycles. The van der Waals surface area contributed by atoms with Crippen LogP contribution in [0.5, 0.6) is 0 Å². The molecule has 0 aliphatic heterocycles. The highest BCUT2D eigenvalue weighted by atomic mass is 16.5. The summed E-state index contributed by atoms with van der Waals surface area (Å²) in [5.74, 6) is 0. The Morgan fingerprint density at radius 1 is 1.43 bits per heavy atom. The van der Waals surface area contributed by atoms with Gasteiger partial charge in [-0.2, -0.15) is 0 Å². The van der Waals surface area contributed by atoms with Crippen LogP contribution in [-0.2, 0) is 4.74 Å². The summed E-state index contributed by atoms with van der Waals surface area (Å²) in [6.07, 6.45) is 2.90. The number of likely N-dealkylation sites (N-methyl/N-ethyl adjacent to an activating group) is 1. The first-order chi connectivity index (χ1) is 6.63. The molecule has 1 unspecified atom stereocenters. The summed E-state index contributed by atoms with van der Waals surface area (Å²) in [7, 11) is 4.24. The van der Waals surface area contributed by atoms with Crippen molar-refractivity contribution >= 4 is 0 Å². The Morgan fingerprint density at radius 2 is 2.07 bits per heavy atom. The van der Waals surface area contributed by atoms with Crippen molar-refractivity contribution in [1.29, 1.82) is 0 Å². The fourth-order valence-electron chi connectivity index (χ4n) is 1.62. The molecule has 1 atom stereocenters. The summed E-state index contributed by atoms with van der Waals surface area (Å²) in [4.78, 5) is 2.24. The molecule has 1 rings (SSSR count). The fourth-order valence-corrected chi connectivity index (χ4v) is 1.62. The molecule has 14 heavy (non-hydrogen) atoms. The second-order valence-electron chi connectivity index (χ2n) is 4.47. The molecule has 0 heterocycles. The predicted octanol–water partition coefficient (Wildman–Crippen LogP) is 1.09. The third-order valence-electron chi connectivity index (χ3n) is 3.08. The maximum atomic E-state index is 5.51. The van der Waals surface area contributed by atoms with E-state index in [1.165, 1.54) is 12.8 Å². The van der Waals surface area contributed by atoms with Gasteiger partial charge in [-0.05, 0) is 40.8 Å². The molecule has 84 valence electrons. The average molecular weight is 200 g/mol. The summed E-state index contributed by atoms with van der Waals surface area (Å²) >= 11 is 0. The summed E-state index contributed by atoms with van der Waals surface area (Å²) in [6, 6.07) is 1.30. The molecule has 0 aromatic rings. The van der Waals surface area contributed by atoms with E-state index in [2.05, 4.69) is 38.2 Å². The number of nitrogens with one attached hydrogen (secondary N) is 1. The van der Waals surface area contributed by atoms with Gasteiger partial charge in [0.25, 0.3) is 0 Å². The molecule has 0 aromatic carbocycles. The first kappa shape index (κ1) is 12.0. The molecule has 0 bridgehead atoms. The Balaban J connectivity index is 2.00. The maximum absolute atomic E-state index is 5.51. The topological polar surface area (TPSA) is 24.5 Å². The van der Waals surface area contributed by atoms with Crippen molar-refractivity contribution in [1.82, 2.24) is 10.2 Å². The molecule has 3 nitrogen and oxygen atoms in total. The molecule has 1 fully saturated rings. The maximum Gasteiger partial charge on any atom is 0.0604 e. The van der Waals surface area contributed by atoms with Crippen molar-refractivity contribution < 1.29 is 4.74 Å². The summed E-state index contributed by atoms with van der Waals surface area (Å²) in [6.45, 7) is 6.24. The standard InChI is InChI=1S/C11H24N2O/c1-5-14-11-6-10(7-11)12-8-9(2)13(3)4/h9-12H,5-8H2,1-4H3. The van der Waals surface area contributed by atoms with Crippen molar-refractivity contribution in [2.45, 2.75) is 44.9 Å². The van der Waals surface area contributed by atoms with Gasteiger partial charge in [0.1, 0.15) is 0 Å². The van der Waals surface area contributed by atoms with Crippen molar-refractivity contribution in [3.05, 3.63) is 0 Å². The van der Waals surface area contributed by atoms with Crippen LogP contribution < -0.4 is 5.32 Å². The molecule has 1 N–H and O–H groups in total. The van der Waals surface area contributed by atoms with Crippen molar-refractivity contribution in [2.75, 3.05) is 27.2 Å². The molecule has 3 heteroatoms. The lowest BCUT2D eigenvalue weighted by Crippen LogP contribution is -2.49. The van der Waals surface area contributed by atoms with E-state index < -0.39 is 0 Å². The van der Waals surface area contributed by atoms with Gasteiger partial charge < -0.3 is 15.0 Å². The molecule has 0 spiro atoms. The van der Waals surface area contributed by atoms with E-state index in [4.69, 9.17) is 4.74 Å². The summed E-state index contributed by atoms with van der Waals surface area (Å²) in [5.41, 5.74) is 0. The van der Waals surface area contributed by atoms with Crippen LogP contribution in [0.4, 0.5) is 0 Å². The highest BCUT2D eigenvalue weighted by Crippen LogP contribution is 2.22. The zero-order chi connectivity index (χ0) is 10.6.